The van der Waals surface area contributed by atoms with E-state index in [0.717, 1.165) is 93.8 Å². The number of unbranched alkanes of at least 4 members (excludes halogenated alkanes) is 6. The fourth-order valence-electron chi connectivity index (χ4n) is 9.53. The van der Waals surface area contributed by atoms with Gasteiger partial charge < -0.3 is 31.5 Å². The average Bonchev–Trinajstić information content (AvgIpc) is 4.16. The lowest BCUT2D eigenvalue weighted by molar-refractivity contribution is 0.247. The van der Waals surface area contributed by atoms with Gasteiger partial charge in [0.2, 0.25) is 0 Å². The lowest BCUT2D eigenvalue weighted by atomic mass is 9.79. The van der Waals surface area contributed by atoms with Gasteiger partial charge in [0.1, 0.15) is 12.2 Å². The van der Waals surface area contributed by atoms with Crippen LogP contribution in [0.2, 0.25) is 0 Å². The van der Waals surface area contributed by atoms with Crippen molar-refractivity contribution in [3.8, 4) is 0 Å². The molecule has 2 amide bonds. The van der Waals surface area contributed by atoms with Gasteiger partial charge in [0, 0.05) is 91.2 Å². The van der Waals surface area contributed by atoms with Crippen molar-refractivity contribution >= 4 is 46.9 Å². The summed E-state index contributed by atoms with van der Waals surface area (Å²) in [5, 5.41) is 15.8. The zero-order chi connectivity index (χ0) is 46.6. The Balaban J connectivity index is 0.000000231. The average molecular weight is 920 g/mol. The number of hydrazone groups is 1. The monoisotopic (exact) mass is 920 g/mol. The van der Waals surface area contributed by atoms with Crippen molar-refractivity contribution in [1.29, 1.82) is 0 Å². The lowest BCUT2D eigenvalue weighted by Crippen LogP contribution is -2.46. The number of rotatable bonds is 21. The highest BCUT2D eigenvalue weighted by Crippen LogP contribution is 2.40. The number of hydrazine groups is 1. The van der Waals surface area contributed by atoms with Gasteiger partial charge in [-0.3, -0.25) is 15.8 Å². The maximum Gasteiger partial charge on any atom is 0.315 e. The second-order valence-corrected chi connectivity index (χ2v) is 19.6. The number of fused-ring (bicyclic) bond motifs is 1. The molecule has 3 saturated heterocycles. The van der Waals surface area contributed by atoms with E-state index in [0.29, 0.717) is 17.5 Å². The number of thioether (sulfide) groups is 1. The van der Waals surface area contributed by atoms with Gasteiger partial charge in [-0.2, -0.15) is 16.9 Å². The summed E-state index contributed by atoms with van der Waals surface area (Å²) in [6, 6.07) is 27.1. The fraction of sp³-hybridized carbons (Fsp3) is 0.547. The van der Waals surface area contributed by atoms with Crippen LogP contribution < -0.4 is 47.2 Å². The first kappa shape index (κ1) is 50.6. The van der Waals surface area contributed by atoms with Gasteiger partial charge in [0.05, 0.1) is 12.1 Å². The molecular formula is C53H81N11OS. The number of benzene rings is 3. The summed E-state index contributed by atoms with van der Waals surface area (Å²) in [7, 11) is 1.92. The number of nitrogen functional groups attached to an aromatic ring is 1. The number of aryl methyl sites for hydroxylation is 1. The number of hydrogen-bond donors (Lipinski definition) is 6. The number of piperazine rings is 1. The number of amides is 2. The molecule has 3 aromatic rings. The minimum Gasteiger partial charge on any atom is -0.399 e. The van der Waals surface area contributed by atoms with E-state index in [-0.39, 0.29) is 6.03 Å². The van der Waals surface area contributed by atoms with Crippen LogP contribution in [-0.4, -0.2) is 93.8 Å². The second kappa shape index (κ2) is 26.5. The first-order valence-electron chi connectivity index (χ1n) is 25.0. The summed E-state index contributed by atoms with van der Waals surface area (Å²) in [4.78, 5) is 17.7. The summed E-state index contributed by atoms with van der Waals surface area (Å²) < 4.78 is 0. The molecule has 0 aromatic heterocycles. The fourth-order valence-corrected chi connectivity index (χ4v) is 10.8. The molecular weight excluding hydrogens is 839 g/mol. The van der Waals surface area contributed by atoms with Crippen LogP contribution in [0, 0.1) is 0 Å². The molecule has 4 heterocycles. The molecule has 360 valence electrons. The summed E-state index contributed by atoms with van der Waals surface area (Å²) in [6.45, 7) is 20.0. The minimum absolute atomic E-state index is 0.00491. The highest BCUT2D eigenvalue weighted by atomic mass is 32.2. The Bertz CT molecular complexity index is 1930. The third-order valence-corrected chi connectivity index (χ3v) is 15.0. The van der Waals surface area contributed by atoms with Gasteiger partial charge >= 0.3 is 6.03 Å². The van der Waals surface area contributed by atoms with E-state index in [1.807, 2.05) is 42.3 Å². The lowest BCUT2D eigenvalue weighted by Gasteiger charge is -2.37. The van der Waals surface area contributed by atoms with Crippen molar-refractivity contribution in [3.63, 3.8) is 0 Å². The van der Waals surface area contributed by atoms with Crippen molar-refractivity contribution in [1.82, 2.24) is 31.8 Å². The van der Waals surface area contributed by atoms with Crippen LogP contribution in [0.15, 0.2) is 103 Å². The molecule has 13 heteroatoms. The number of hydrogen-bond acceptors (Lipinski definition) is 11. The number of nitrogens with zero attached hydrogens (tertiary/aromatic N) is 5. The minimum atomic E-state index is 0.00491. The molecule has 4 fully saturated rings. The number of anilines is 4. The van der Waals surface area contributed by atoms with E-state index >= 15 is 0 Å². The van der Waals surface area contributed by atoms with E-state index in [9.17, 15) is 4.79 Å². The van der Waals surface area contributed by atoms with Crippen LogP contribution in [0.3, 0.4) is 0 Å². The third-order valence-electron chi connectivity index (χ3n) is 13.8. The number of urea groups is 1. The van der Waals surface area contributed by atoms with Crippen molar-refractivity contribution in [2.45, 2.75) is 121 Å². The quantitative estimate of drug-likeness (QED) is 0.0266. The molecule has 12 nitrogen and oxygen atoms in total. The van der Waals surface area contributed by atoms with E-state index in [1.54, 1.807) is 0 Å². The number of carbonyl (C=O) groups excluding carboxylic acids is 1. The first-order valence-corrected chi connectivity index (χ1v) is 26.2. The number of nitrogens with one attached hydrogen (secondary N) is 5. The molecule has 3 aromatic carbocycles. The zero-order valence-electron chi connectivity index (χ0n) is 40.5. The van der Waals surface area contributed by atoms with E-state index in [4.69, 9.17) is 5.73 Å². The summed E-state index contributed by atoms with van der Waals surface area (Å²) in [5.74, 6) is 3.09. The van der Waals surface area contributed by atoms with Crippen LogP contribution in [0.25, 0.3) is 0 Å². The van der Waals surface area contributed by atoms with Crippen LogP contribution in [0.5, 0.6) is 0 Å². The molecule has 7 N–H and O–H groups in total. The molecule has 2 unspecified atom stereocenters. The van der Waals surface area contributed by atoms with Gasteiger partial charge in [-0.25, -0.2) is 9.80 Å². The second-order valence-electron chi connectivity index (χ2n) is 18.5. The van der Waals surface area contributed by atoms with Crippen molar-refractivity contribution in [2.75, 3.05) is 84.8 Å². The molecule has 66 heavy (non-hydrogen) atoms. The predicted molar refractivity (Wildman–Crippen MR) is 283 cm³/mol. The van der Waals surface area contributed by atoms with Gasteiger partial charge in [-0.1, -0.05) is 96.2 Å². The molecule has 1 saturated carbocycles. The Morgan fingerprint density at radius 1 is 0.803 bits per heavy atom. The van der Waals surface area contributed by atoms with Gasteiger partial charge in [0.25, 0.3) is 0 Å². The zero-order valence-corrected chi connectivity index (χ0v) is 41.3. The van der Waals surface area contributed by atoms with Crippen LogP contribution in [0.4, 0.5) is 27.5 Å². The number of carbonyl (C=O) groups is 1. The van der Waals surface area contributed by atoms with Crippen LogP contribution >= 0.6 is 11.8 Å². The molecule has 4 aliphatic heterocycles. The normalized spacial score (nSPS) is 19.4. The number of nitrogens with two attached hydrogens (primary N) is 1. The molecule has 8 rings (SSSR count). The predicted octanol–water partition coefficient (Wildman–Crippen LogP) is 9.33. The maximum absolute atomic E-state index is 10.6. The van der Waals surface area contributed by atoms with E-state index in [1.165, 1.54) is 98.8 Å². The Kier molecular flexibility index (Phi) is 20.3. The SMILES string of the molecule is C=C(CCCC)NCCCCCCCCN1N=CN(c2ccc(N3CCN(c4ccc(CC)cc4)CC3)cc2)C1=C.CNNCC1(c2ccc(N)cc2)CCCC1.O=C1NC2CSCC2N1. The van der Waals surface area contributed by atoms with Gasteiger partial charge in [0.15, 0.2) is 0 Å². The van der Waals surface area contributed by atoms with Crippen molar-refractivity contribution in [2.24, 2.45) is 5.10 Å². The Morgan fingerprint density at radius 3 is 1.97 bits per heavy atom. The molecule has 1 aliphatic carbocycles. The standard InChI is InChI=1S/C35H52N6.C13H21N3.C5H8N2OS/c1-5-7-14-30(3)36-23-12-10-8-9-11-13-24-41-31(4)40(29-37-41)35-21-19-34(20-22-35)39-27-25-38(26-28-39)33-17-15-32(6-2)16-18-33;1-15-16-10-13(8-2-3-9-13)11-4-6-12(14)7-5-11;8-5-6-3-1-9-2-4(3)7-5/h15-22,29,36H,3-14,23-28H2,1-2H3;4-7,15-16H,2-3,8-10,14H2,1H3;3-4H,1-2H2,(H2,6,7,8). The first-order chi connectivity index (χ1) is 32.2. The van der Waals surface area contributed by atoms with E-state index in [2.05, 4.69) is 134 Å². The molecule has 5 aliphatic rings. The Morgan fingerprint density at radius 2 is 1.38 bits per heavy atom. The molecule has 0 radical (unpaired) electrons. The third kappa shape index (κ3) is 14.8. The summed E-state index contributed by atoms with van der Waals surface area (Å²) in [5.41, 5.74) is 20.9. The topological polar surface area (TPSA) is 129 Å². The largest absolute Gasteiger partial charge is 0.399 e. The smallest absolute Gasteiger partial charge is 0.315 e. The van der Waals surface area contributed by atoms with Crippen molar-refractivity contribution in [3.05, 3.63) is 109 Å². The van der Waals surface area contributed by atoms with Gasteiger partial charge in [-0.15, -0.1) is 0 Å². The van der Waals surface area contributed by atoms with Gasteiger partial charge in [-0.05, 0) is 112 Å². The molecule has 0 bridgehead atoms. The van der Waals surface area contributed by atoms with Crippen LogP contribution in [-0.2, 0) is 11.8 Å². The summed E-state index contributed by atoms with van der Waals surface area (Å²) >= 11 is 1.89. The molecule has 2 atom stereocenters. The highest BCUT2D eigenvalue weighted by molar-refractivity contribution is 7.99. The highest BCUT2D eigenvalue weighted by Gasteiger charge is 2.36. The molecule has 0 spiro atoms. The van der Waals surface area contributed by atoms with E-state index < -0.39 is 0 Å². The summed E-state index contributed by atoms with van der Waals surface area (Å²) in [6.07, 6.45) is 19.2. The van der Waals surface area contributed by atoms with Crippen molar-refractivity contribution < 1.29 is 4.79 Å². The maximum atomic E-state index is 10.6. The van der Waals surface area contributed by atoms with Crippen LogP contribution in [0.1, 0.15) is 108 Å². The number of allylic oxidation sites excluding steroid dienone is 1. The Labute approximate surface area is 401 Å². The Hall–Kier alpha value is -4.85.